The average Bonchev–Trinajstić information content (AvgIpc) is 2.26. The van der Waals surface area contributed by atoms with E-state index in [9.17, 15) is 4.21 Å². The highest BCUT2D eigenvalue weighted by Gasteiger charge is 2.12. The fourth-order valence-corrected chi connectivity index (χ4v) is 2.49. The third-order valence-electron chi connectivity index (χ3n) is 2.10. The molecule has 3 nitrogen and oxygen atoms in total. The molecule has 1 unspecified atom stereocenters. The first-order chi connectivity index (χ1) is 7.15. The van der Waals surface area contributed by atoms with E-state index in [1.807, 2.05) is 6.92 Å². The van der Waals surface area contributed by atoms with E-state index in [4.69, 9.17) is 10.0 Å². The zero-order valence-corrected chi connectivity index (χ0v) is 9.54. The molecule has 1 rings (SSSR count). The van der Waals surface area contributed by atoms with Crippen LogP contribution in [0.15, 0.2) is 29.2 Å². The maximum absolute atomic E-state index is 11.7. The zero-order chi connectivity index (χ0) is 11.3. The van der Waals surface area contributed by atoms with Crippen molar-refractivity contribution in [3.05, 3.63) is 24.3 Å². The van der Waals surface area contributed by atoms with Crippen molar-refractivity contribution in [3.8, 4) is 0 Å². The van der Waals surface area contributed by atoms with Gasteiger partial charge in [-0.15, -0.1) is 0 Å². The van der Waals surface area contributed by atoms with Gasteiger partial charge >= 0.3 is 7.12 Å². The molecule has 0 aliphatic heterocycles. The molecule has 0 aliphatic carbocycles. The Hall–Kier alpha value is -0.645. The van der Waals surface area contributed by atoms with Crippen LogP contribution in [-0.2, 0) is 10.8 Å². The Labute approximate surface area is 92.7 Å². The summed E-state index contributed by atoms with van der Waals surface area (Å²) in [6.45, 7) is 2.05. The molecule has 0 amide bonds. The molecule has 1 aromatic rings. The van der Waals surface area contributed by atoms with Crippen LogP contribution < -0.4 is 5.46 Å². The zero-order valence-electron chi connectivity index (χ0n) is 8.72. The lowest BCUT2D eigenvalue weighted by molar-refractivity contribution is 0.425. The number of benzene rings is 1. The van der Waals surface area contributed by atoms with E-state index in [1.54, 1.807) is 24.3 Å². The third kappa shape index (κ3) is 3.78. The Kier molecular flexibility index (Phi) is 5.01. The molecule has 0 saturated carbocycles. The molecule has 1 atom stereocenters. The topological polar surface area (TPSA) is 57.5 Å². The largest absolute Gasteiger partial charge is 0.488 e. The molecule has 0 spiro atoms. The molecule has 1 aromatic carbocycles. The molecule has 2 N–H and O–H groups in total. The van der Waals surface area contributed by atoms with Crippen LogP contribution in [0.5, 0.6) is 0 Å². The van der Waals surface area contributed by atoms with E-state index < -0.39 is 17.9 Å². The maximum atomic E-state index is 11.7. The molecular weight excluding hydrogens is 211 g/mol. The quantitative estimate of drug-likeness (QED) is 0.708. The van der Waals surface area contributed by atoms with E-state index in [0.717, 1.165) is 12.8 Å². The van der Waals surface area contributed by atoms with Crippen LogP contribution in [0.4, 0.5) is 0 Å². The lowest BCUT2D eigenvalue weighted by Crippen LogP contribution is -2.29. The summed E-state index contributed by atoms with van der Waals surface area (Å²) in [5.74, 6) is 0.626. The van der Waals surface area contributed by atoms with Gasteiger partial charge in [-0.05, 0) is 24.0 Å². The first kappa shape index (κ1) is 12.4. The second-order valence-electron chi connectivity index (χ2n) is 3.35. The molecule has 82 valence electrons. The standard InChI is InChI=1S/C10H15BO3S/c1-2-3-7-15(14)10-6-4-5-9(8-10)11(12)13/h4-6,8,12-13H,2-3,7H2,1H3. The van der Waals surface area contributed by atoms with E-state index in [1.165, 1.54) is 0 Å². The van der Waals surface area contributed by atoms with Crippen molar-refractivity contribution in [1.29, 1.82) is 0 Å². The van der Waals surface area contributed by atoms with Crippen LogP contribution in [0, 0.1) is 0 Å². The number of hydrogen-bond acceptors (Lipinski definition) is 3. The van der Waals surface area contributed by atoms with Crippen molar-refractivity contribution >= 4 is 23.4 Å². The van der Waals surface area contributed by atoms with Crippen LogP contribution in [0.3, 0.4) is 0 Å². The average molecular weight is 226 g/mol. The van der Waals surface area contributed by atoms with Crippen molar-refractivity contribution in [2.75, 3.05) is 5.75 Å². The Morgan fingerprint density at radius 2 is 2.13 bits per heavy atom. The van der Waals surface area contributed by atoms with Crippen molar-refractivity contribution < 1.29 is 14.3 Å². The second-order valence-corrected chi connectivity index (χ2v) is 4.92. The smallest absolute Gasteiger partial charge is 0.423 e. The summed E-state index contributed by atoms with van der Waals surface area (Å²) in [5.41, 5.74) is 0.386. The Morgan fingerprint density at radius 1 is 1.40 bits per heavy atom. The Bertz CT molecular complexity index is 341. The van der Waals surface area contributed by atoms with Crippen molar-refractivity contribution in [3.63, 3.8) is 0 Å². The summed E-state index contributed by atoms with van der Waals surface area (Å²) in [6.07, 6.45) is 1.92. The summed E-state index contributed by atoms with van der Waals surface area (Å²) in [5, 5.41) is 17.9. The van der Waals surface area contributed by atoms with Crippen molar-refractivity contribution in [2.45, 2.75) is 24.7 Å². The van der Waals surface area contributed by atoms with Gasteiger partial charge in [-0.3, -0.25) is 4.21 Å². The van der Waals surface area contributed by atoms with Gasteiger partial charge in [0.1, 0.15) is 0 Å². The van der Waals surface area contributed by atoms with Gasteiger partial charge in [-0.1, -0.05) is 25.5 Å². The van der Waals surface area contributed by atoms with Crippen LogP contribution >= 0.6 is 0 Å². The van der Waals surface area contributed by atoms with Gasteiger partial charge in [0.25, 0.3) is 0 Å². The first-order valence-electron chi connectivity index (χ1n) is 4.99. The fourth-order valence-electron chi connectivity index (χ4n) is 1.21. The highest BCUT2D eigenvalue weighted by Crippen LogP contribution is 2.06. The molecule has 0 aliphatic rings. The summed E-state index contributed by atoms with van der Waals surface area (Å²) in [7, 11) is -2.52. The second kappa shape index (κ2) is 6.05. The number of rotatable bonds is 5. The van der Waals surface area contributed by atoms with Crippen LogP contribution in [0.25, 0.3) is 0 Å². The minimum atomic E-state index is -1.49. The van der Waals surface area contributed by atoms with Gasteiger partial charge in [-0.2, -0.15) is 0 Å². The highest BCUT2D eigenvalue weighted by atomic mass is 32.2. The van der Waals surface area contributed by atoms with Gasteiger partial charge in [0, 0.05) is 10.6 Å². The molecule has 0 fully saturated rings. The lowest BCUT2D eigenvalue weighted by atomic mass is 9.80. The summed E-state index contributed by atoms with van der Waals surface area (Å²) in [4.78, 5) is 0.661. The van der Waals surface area contributed by atoms with E-state index in [2.05, 4.69) is 0 Å². The minimum absolute atomic E-state index is 0.386. The molecule has 5 heteroatoms. The normalized spacial score (nSPS) is 12.5. The van der Waals surface area contributed by atoms with Gasteiger partial charge in [-0.25, -0.2) is 0 Å². The predicted octanol–water partition coefficient (Wildman–Crippen LogP) is 0.274. The summed E-state index contributed by atoms with van der Waals surface area (Å²) < 4.78 is 11.7. The fraction of sp³-hybridized carbons (Fsp3) is 0.400. The van der Waals surface area contributed by atoms with Gasteiger partial charge in [0.05, 0.1) is 10.8 Å². The van der Waals surface area contributed by atoms with E-state index >= 15 is 0 Å². The molecule has 0 saturated heterocycles. The molecule has 0 bridgehead atoms. The number of hydrogen-bond donors (Lipinski definition) is 2. The SMILES string of the molecule is CCCCS(=O)c1cccc(B(O)O)c1. The lowest BCUT2D eigenvalue weighted by Gasteiger charge is -2.04. The predicted molar refractivity (Wildman–Crippen MR) is 62.5 cm³/mol. The molecule has 0 radical (unpaired) electrons. The Balaban J connectivity index is 2.76. The third-order valence-corrected chi connectivity index (χ3v) is 3.54. The minimum Gasteiger partial charge on any atom is -0.423 e. The van der Waals surface area contributed by atoms with E-state index in [-0.39, 0.29) is 0 Å². The van der Waals surface area contributed by atoms with Gasteiger partial charge in [0.2, 0.25) is 0 Å². The van der Waals surface area contributed by atoms with Gasteiger partial charge in [0.15, 0.2) is 0 Å². The maximum Gasteiger partial charge on any atom is 0.488 e. The van der Waals surface area contributed by atoms with Crippen LogP contribution in [-0.4, -0.2) is 27.1 Å². The highest BCUT2D eigenvalue weighted by molar-refractivity contribution is 7.85. The van der Waals surface area contributed by atoms with Crippen molar-refractivity contribution in [2.24, 2.45) is 0 Å². The molecule has 0 heterocycles. The molecular formula is C10H15BO3S. The molecule has 0 aromatic heterocycles. The Morgan fingerprint density at radius 3 is 2.73 bits per heavy atom. The first-order valence-corrected chi connectivity index (χ1v) is 6.31. The molecule has 15 heavy (non-hydrogen) atoms. The summed E-state index contributed by atoms with van der Waals surface area (Å²) in [6, 6.07) is 6.62. The van der Waals surface area contributed by atoms with Gasteiger partial charge < -0.3 is 10.0 Å². The summed E-state index contributed by atoms with van der Waals surface area (Å²) >= 11 is 0. The van der Waals surface area contributed by atoms with Crippen molar-refractivity contribution in [1.82, 2.24) is 0 Å². The van der Waals surface area contributed by atoms with E-state index in [0.29, 0.717) is 16.1 Å². The van der Waals surface area contributed by atoms with Crippen LogP contribution in [0.1, 0.15) is 19.8 Å². The van der Waals surface area contributed by atoms with Crippen LogP contribution in [0.2, 0.25) is 0 Å². The number of unbranched alkanes of at least 4 members (excludes halogenated alkanes) is 1. The monoisotopic (exact) mass is 226 g/mol.